The van der Waals surface area contributed by atoms with Crippen molar-refractivity contribution in [3.05, 3.63) is 66.1 Å². The van der Waals surface area contributed by atoms with Gasteiger partial charge in [0, 0.05) is 31.0 Å². The lowest BCUT2D eigenvalue weighted by molar-refractivity contribution is -0.0586. The fourth-order valence-corrected chi connectivity index (χ4v) is 3.46. The number of nitrogens with zero attached hydrogens (tertiary/aromatic N) is 3. The predicted octanol–water partition coefficient (Wildman–Crippen LogP) is 3.16. The molecule has 0 aliphatic carbocycles. The third-order valence-electron chi connectivity index (χ3n) is 4.59. The number of amides is 1. The Morgan fingerprint density at radius 1 is 1.19 bits per heavy atom. The van der Waals surface area contributed by atoms with Crippen LogP contribution in [0.5, 0.6) is 5.75 Å². The Balaban J connectivity index is 1.44. The number of imidazole rings is 1. The molecule has 2 aromatic heterocycles. The van der Waals surface area contributed by atoms with E-state index in [1.807, 2.05) is 71.9 Å². The van der Waals surface area contributed by atoms with Gasteiger partial charge in [0.05, 0.1) is 17.9 Å². The molecule has 3 heterocycles. The van der Waals surface area contributed by atoms with Crippen LogP contribution >= 0.6 is 0 Å². The summed E-state index contributed by atoms with van der Waals surface area (Å²) in [6, 6.07) is 13.2. The first-order chi connectivity index (χ1) is 13.1. The molecule has 1 aliphatic heterocycles. The summed E-state index contributed by atoms with van der Waals surface area (Å²) in [4.78, 5) is 19.2. The highest BCUT2D eigenvalue weighted by Gasteiger charge is 2.26. The van der Waals surface area contributed by atoms with Crippen LogP contribution in [0.25, 0.3) is 5.65 Å². The number of benzene rings is 1. The summed E-state index contributed by atoms with van der Waals surface area (Å²) in [6.45, 7) is 5.55. The molecule has 2 atom stereocenters. The molecule has 0 radical (unpaired) electrons. The maximum absolute atomic E-state index is 12.8. The Hall–Kier alpha value is -2.86. The van der Waals surface area contributed by atoms with Gasteiger partial charge in [-0.15, -0.1) is 0 Å². The van der Waals surface area contributed by atoms with Crippen molar-refractivity contribution in [2.24, 2.45) is 0 Å². The molecule has 27 heavy (non-hydrogen) atoms. The SMILES string of the molecule is C[C@@H]1CN(C(=O)c2cccc(OCc3cn4ccccc4n3)c2)C[C@H](C)O1. The van der Waals surface area contributed by atoms with Crippen LogP contribution in [0.2, 0.25) is 0 Å². The quantitative estimate of drug-likeness (QED) is 0.713. The number of fused-ring (bicyclic) bond motifs is 1. The van der Waals surface area contributed by atoms with Gasteiger partial charge in [-0.2, -0.15) is 0 Å². The highest BCUT2D eigenvalue weighted by Crippen LogP contribution is 2.19. The largest absolute Gasteiger partial charge is 0.487 e. The molecule has 1 aromatic carbocycles. The second-order valence-corrected chi connectivity index (χ2v) is 6.98. The monoisotopic (exact) mass is 365 g/mol. The predicted molar refractivity (Wildman–Crippen MR) is 102 cm³/mol. The second kappa shape index (κ2) is 7.40. The molecule has 0 unspecified atom stereocenters. The van der Waals surface area contributed by atoms with Crippen molar-refractivity contribution in [3.8, 4) is 5.75 Å². The summed E-state index contributed by atoms with van der Waals surface area (Å²) in [5.74, 6) is 0.669. The van der Waals surface area contributed by atoms with Crippen molar-refractivity contribution in [2.45, 2.75) is 32.7 Å². The van der Waals surface area contributed by atoms with Crippen LogP contribution < -0.4 is 4.74 Å². The lowest BCUT2D eigenvalue weighted by atomic mass is 10.1. The lowest BCUT2D eigenvalue weighted by Gasteiger charge is -2.35. The molecule has 1 amide bonds. The molecular formula is C21H23N3O3. The molecule has 1 fully saturated rings. The van der Waals surface area contributed by atoms with E-state index in [0.29, 0.717) is 31.0 Å². The van der Waals surface area contributed by atoms with Crippen molar-refractivity contribution in [1.82, 2.24) is 14.3 Å². The highest BCUT2D eigenvalue weighted by molar-refractivity contribution is 5.94. The van der Waals surface area contributed by atoms with Gasteiger partial charge in [0.15, 0.2) is 0 Å². The van der Waals surface area contributed by atoms with Crippen molar-refractivity contribution in [3.63, 3.8) is 0 Å². The van der Waals surface area contributed by atoms with Crippen LogP contribution in [0.15, 0.2) is 54.9 Å². The molecule has 140 valence electrons. The summed E-state index contributed by atoms with van der Waals surface area (Å²) >= 11 is 0. The van der Waals surface area contributed by atoms with Crippen molar-refractivity contribution in [2.75, 3.05) is 13.1 Å². The van der Waals surface area contributed by atoms with E-state index in [1.165, 1.54) is 0 Å². The van der Waals surface area contributed by atoms with Crippen LogP contribution in [0.1, 0.15) is 29.9 Å². The van der Waals surface area contributed by atoms with E-state index in [-0.39, 0.29) is 18.1 Å². The number of rotatable bonds is 4. The summed E-state index contributed by atoms with van der Waals surface area (Å²) in [5.41, 5.74) is 2.35. The Bertz CT molecular complexity index is 910. The fraction of sp³-hybridized carbons (Fsp3) is 0.333. The maximum atomic E-state index is 12.8. The third kappa shape index (κ3) is 3.95. The van der Waals surface area contributed by atoms with Crippen LogP contribution in [0.3, 0.4) is 0 Å². The standard InChI is InChI=1S/C21H23N3O3/c1-15-11-24(12-16(2)27-15)21(25)17-6-5-7-19(10-17)26-14-18-13-23-9-4-3-8-20(23)22-18/h3-10,13,15-16H,11-12,14H2,1-2H3/t15-,16+. The van der Waals surface area contributed by atoms with Crippen LogP contribution in [-0.2, 0) is 11.3 Å². The fourth-order valence-electron chi connectivity index (χ4n) is 3.46. The minimum absolute atomic E-state index is 0.00943. The van der Waals surface area contributed by atoms with Gasteiger partial charge >= 0.3 is 0 Å². The number of morpholine rings is 1. The Labute approximate surface area is 158 Å². The molecule has 0 N–H and O–H groups in total. The van der Waals surface area contributed by atoms with E-state index in [1.54, 1.807) is 6.07 Å². The van der Waals surface area contributed by atoms with Crippen LogP contribution in [0, 0.1) is 0 Å². The summed E-state index contributed by atoms with van der Waals surface area (Å²) in [7, 11) is 0. The molecule has 0 spiro atoms. The van der Waals surface area contributed by atoms with E-state index in [0.717, 1.165) is 11.3 Å². The van der Waals surface area contributed by atoms with Gasteiger partial charge < -0.3 is 18.8 Å². The van der Waals surface area contributed by atoms with E-state index in [9.17, 15) is 4.79 Å². The number of hydrogen-bond acceptors (Lipinski definition) is 4. The molecule has 1 saturated heterocycles. The number of ether oxygens (including phenoxy) is 2. The first-order valence-electron chi connectivity index (χ1n) is 9.19. The molecule has 4 rings (SSSR count). The molecule has 0 saturated carbocycles. The Morgan fingerprint density at radius 2 is 2.00 bits per heavy atom. The van der Waals surface area contributed by atoms with Gasteiger partial charge in [0.1, 0.15) is 18.0 Å². The van der Waals surface area contributed by atoms with Crippen LogP contribution in [-0.4, -0.2) is 45.5 Å². The zero-order valence-electron chi connectivity index (χ0n) is 15.5. The van der Waals surface area contributed by atoms with E-state index in [4.69, 9.17) is 9.47 Å². The van der Waals surface area contributed by atoms with Crippen molar-refractivity contribution < 1.29 is 14.3 Å². The third-order valence-corrected chi connectivity index (χ3v) is 4.59. The average molecular weight is 365 g/mol. The molecule has 6 nitrogen and oxygen atoms in total. The Kier molecular flexibility index (Phi) is 4.81. The van der Waals surface area contributed by atoms with Crippen molar-refractivity contribution >= 4 is 11.6 Å². The molecule has 6 heteroatoms. The smallest absolute Gasteiger partial charge is 0.254 e. The van der Waals surface area contributed by atoms with Gasteiger partial charge in [-0.3, -0.25) is 4.79 Å². The van der Waals surface area contributed by atoms with Gasteiger partial charge in [0.25, 0.3) is 5.91 Å². The van der Waals surface area contributed by atoms with Gasteiger partial charge in [-0.1, -0.05) is 12.1 Å². The lowest BCUT2D eigenvalue weighted by Crippen LogP contribution is -2.48. The normalized spacial score (nSPS) is 20.0. The number of aromatic nitrogens is 2. The van der Waals surface area contributed by atoms with Crippen molar-refractivity contribution in [1.29, 1.82) is 0 Å². The first kappa shape index (κ1) is 17.5. The molecule has 3 aromatic rings. The van der Waals surface area contributed by atoms with Gasteiger partial charge in [-0.05, 0) is 44.2 Å². The molecule has 1 aliphatic rings. The first-order valence-corrected chi connectivity index (χ1v) is 9.19. The van der Waals surface area contributed by atoms with Gasteiger partial charge in [0.2, 0.25) is 0 Å². The van der Waals surface area contributed by atoms with E-state index < -0.39 is 0 Å². The number of pyridine rings is 1. The Morgan fingerprint density at radius 3 is 2.78 bits per heavy atom. The maximum Gasteiger partial charge on any atom is 0.254 e. The zero-order chi connectivity index (χ0) is 18.8. The summed E-state index contributed by atoms with van der Waals surface area (Å²) < 4.78 is 13.5. The minimum atomic E-state index is 0.00943. The topological polar surface area (TPSA) is 56.1 Å². The van der Waals surface area contributed by atoms with E-state index in [2.05, 4.69) is 4.98 Å². The number of carbonyl (C=O) groups is 1. The average Bonchev–Trinajstić information content (AvgIpc) is 3.08. The number of hydrogen-bond donors (Lipinski definition) is 0. The van der Waals surface area contributed by atoms with E-state index >= 15 is 0 Å². The van der Waals surface area contributed by atoms with Gasteiger partial charge in [-0.25, -0.2) is 4.98 Å². The van der Waals surface area contributed by atoms with Crippen LogP contribution in [0.4, 0.5) is 0 Å². The highest BCUT2D eigenvalue weighted by atomic mass is 16.5. The molecular weight excluding hydrogens is 342 g/mol. The zero-order valence-corrected chi connectivity index (χ0v) is 15.5. The minimum Gasteiger partial charge on any atom is -0.487 e. The number of carbonyl (C=O) groups excluding carboxylic acids is 1. The molecule has 0 bridgehead atoms. The summed E-state index contributed by atoms with van der Waals surface area (Å²) in [5, 5.41) is 0. The summed E-state index contributed by atoms with van der Waals surface area (Å²) in [6.07, 6.45) is 4.00. The second-order valence-electron chi connectivity index (χ2n) is 6.98.